The van der Waals surface area contributed by atoms with Crippen molar-refractivity contribution in [1.82, 2.24) is 0 Å². The molecule has 1 heterocycles. The highest BCUT2D eigenvalue weighted by atomic mass is 15.2. The topological polar surface area (TPSA) is 29.3 Å². The van der Waals surface area contributed by atoms with Crippen LogP contribution in [0.25, 0.3) is 0 Å². The zero-order valence-corrected chi connectivity index (χ0v) is 9.51. The Morgan fingerprint density at radius 1 is 1.13 bits per heavy atom. The van der Waals surface area contributed by atoms with Crippen molar-refractivity contribution in [3.05, 3.63) is 23.3 Å². The van der Waals surface area contributed by atoms with Crippen LogP contribution in [-0.4, -0.2) is 13.1 Å². The van der Waals surface area contributed by atoms with E-state index in [1.807, 2.05) is 0 Å². The number of aryl methyl sites for hydroxylation is 2. The van der Waals surface area contributed by atoms with Crippen LogP contribution in [-0.2, 0) is 0 Å². The Hall–Kier alpha value is -1.18. The fourth-order valence-electron chi connectivity index (χ4n) is 2.62. The van der Waals surface area contributed by atoms with Gasteiger partial charge in [0.15, 0.2) is 0 Å². The molecule has 0 bridgehead atoms. The van der Waals surface area contributed by atoms with E-state index in [0.717, 1.165) is 5.69 Å². The number of benzene rings is 1. The first-order valence-electron chi connectivity index (χ1n) is 5.71. The number of nitrogens with two attached hydrogens (primary N) is 1. The van der Waals surface area contributed by atoms with Gasteiger partial charge in [0, 0.05) is 29.9 Å². The molecule has 0 aromatic heterocycles. The van der Waals surface area contributed by atoms with E-state index in [1.54, 1.807) is 0 Å². The normalized spacial score (nSPS) is 21.6. The molecule has 2 N–H and O–H groups in total. The molecular weight excluding hydrogens is 184 g/mol. The highest BCUT2D eigenvalue weighted by molar-refractivity contribution is 5.65. The summed E-state index contributed by atoms with van der Waals surface area (Å²) in [7, 11) is 0. The Morgan fingerprint density at radius 3 is 2.40 bits per heavy atom. The van der Waals surface area contributed by atoms with Crippen molar-refractivity contribution in [3.8, 4) is 0 Å². The number of hydrogen-bond donors (Lipinski definition) is 1. The molecule has 2 heteroatoms. The Kier molecular flexibility index (Phi) is 1.63. The predicted octanol–water partition coefficient (Wildman–Crippen LogP) is 2.49. The molecule has 2 fully saturated rings. The average molecular weight is 202 g/mol. The van der Waals surface area contributed by atoms with E-state index in [0.29, 0.717) is 5.41 Å². The summed E-state index contributed by atoms with van der Waals surface area (Å²) in [6.07, 6.45) is 2.87. The Balaban J connectivity index is 1.88. The molecule has 0 amide bonds. The minimum Gasteiger partial charge on any atom is -0.398 e. The first-order chi connectivity index (χ1) is 7.10. The second-order valence-corrected chi connectivity index (χ2v) is 5.35. The number of rotatable bonds is 1. The second kappa shape index (κ2) is 2.69. The molecule has 1 aliphatic carbocycles. The summed E-state index contributed by atoms with van der Waals surface area (Å²) in [5.41, 5.74) is 11.5. The fraction of sp³-hybridized carbons (Fsp3) is 0.538. The molecule has 15 heavy (non-hydrogen) atoms. The lowest BCUT2D eigenvalue weighted by atomic mass is 9.94. The zero-order chi connectivity index (χ0) is 10.6. The molecule has 1 saturated heterocycles. The minimum atomic E-state index is 0.714. The van der Waals surface area contributed by atoms with Crippen molar-refractivity contribution in [2.75, 3.05) is 23.7 Å². The van der Waals surface area contributed by atoms with Gasteiger partial charge in [-0.15, -0.1) is 0 Å². The van der Waals surface area contributed by atoms with E-state index in [9.17, 15) is 0 Å². The van der Waals surface area contributed by atoms with Crippen molar-refractivity contribution in [3.63, 3.8) is 0 Å². The van der Waals surface area contributed by atoms with Crippen LogP contribution in [0.5, 0.6) is 0 Å². The van der Waals surface area contributed by atoms with Gasteiger partial charge in [-0.2, -0.15) is 0 Å². The predicted molar refractivity (Wildman–Crippen MR) is 64.2 cm³/mol. The maximum atomic E-state index is 5.96. The van der Waals surface area contributed by atoms with Gasteiger partial charge in [-0.3, -0.25) is 0 Å². The van der Waals surface area contributed by atoms with Gasteiger partial charge in [-0.25, -0.2) is 0 Å². The molecule has 1 aliphatic heterocycles. The molecule has 0 atom stereocenters. The van der Waals surface area contributed by atoms with E-state index in [-0.39, 0.29) is 0 Å². The second-order valence-electron chi connectivity index (χ2n) is 5.35. The van der Waals surface area contributed by atoms with Crippen molar-refractivity contribution in [2.45, 2.75) is 26.7 Å². The van der Waals surface area contributed by atoms with Crippen molar-refractivity contribution < 1.29 is 0 Å². The molecular formula is C13H18N2. The van der Waals surface area contributed by atoms with Crippen LogP contribution in [0.2, 0.25) is 0 Å². The first-order valence-corrected chi connectivity index (χ1v) is 5.71. The van der Waals surface area contributed by atoms with E-state index in [4.69, 9.17) is 5.73 Å². The summed E-state index contributed by atoms with van der Waals surface area (Å²) in [6.45, 7) is 6.75. The van der Waals surface area contributed by atoms with Gasteiger partial charge in [0.1, 0.15) is 0 Å². The molecule has 2 nitrogen and oxygen atoms in total. The quantitative estimate of drug-likeness (QED) is 0.709. The van der Waals surface area contributed by atoms with Crippen LogP contribution < -0.4 is 10.6 Å². The summed E-state index contributed by atoms with van der Waals surface area (Å²) in [6, 6.07) is 4.34. The minimum absolute atomic E-state index is 0.714. The molecule has 1 aromatic rings. The van der Waals surface area contributed by atoms with Gasteiger partial charge in [0.25, 0.3) is 0 Å². The third kappa shape index (κ3) is 1.31. The molecule has 1 saturated carbocycles. The number of anilines is 2. The number of hydrogen-bond acceptors (Lipinski definition) is 2. The van der Waals surface area contributed by atoms with Gasteiger partial charge >= 0.3 is 0 Å². The molecule has 80 valence electrons. The van der Waals surface area contributed by atoms with Crippen LogP contribution in [0, 0.1) is 19.3 Å². The average Bonchev–Trinajstić information content (AvgIpc) is 2.89. The van der Waals surface area contributed by atoms with Crippen LogP contribution >= 0.6 is 0 Å². The number of nitrogens with zero attached hydrogens (tertiary/aromatic N) is 1. The highest BCUT2D eigenvalue weighted by Crippen LogP contribution is 2.54. The van der Waals surface area contributed by atoms with Crippen LogP contribution in [0.1, 0.15) is 24.0 Å². The maximum Gasteiger partial charge on any atom is 0.0417 e. The van der Waals surface area contributed by atoms with Gasteiger partial charge < -0.3 is 10.6 Å². The van der Waals surface area contributed by atoms with Gasteiger partial charge in [0.05, 0.1) is 0 Å². The summed E-state index contributed by atoms with van der Waals surface area (Å²) < 4.78 is 0. The lowest BCUT2D eigenvalue weighted by molar-refractivity contribution is 0.387. The van der Waals surface area contributed by atoms with Crippen LogP contribution in [0.3, 0.4) is 0 Å². The van der Waals surface area contributed by atoms with Gasteiger partial charge in [0.2, 0.25) is 0 Å². The lowest BCUT2D eigenvalue weighted by Gasteiger charge is -2.42. The summed E-state index contributed by atoms with van der Waals surface area (Å²) in [5, 5.41) is 0. The largest absolute Gasteiger partial charge is 0.398 e. The molecule has 1 aromatic carbocycles. The van der Waals surface area contributed by atoms with Crippen LogP contribution in [0.15, 0.2) is 12.1 Å². The summed E-state index contributed by atoms with van der Waals surface area (Å²) in [5.74, 6) is 0. The summed E-state index contributed by atoms with van der Waals surface area (Å²) >= 11 is 0. The zero-order valence-electron chi connectivity index (χ0n) is 9.51. The standard InChI is InChI=1S/C13H18N2/c1-9-5-10(2)12(6-11(9)14)15-7-13(8-15)3-4-13/h5-6H,3-4,7-8,14H2,1-2H3. The lowest BCUT2D eigenvalue weighted by Crippen LogP contribution is -2.48. The van der Waals surface area contributed by atoms with E-state index in [1.165, 1.54) is 42.7 Å². The van der Waals surface area contributed by atoms with E-state index < -0.39 is 0 Å². The highest BCUT2D eigenvalue weighted by Gasteiger charge is 2.52. The SMILES string of the molecule is Cc1cc(C)c(N2CC3(CC3)C2)cc1N. The number of nitrogen functional groups attached to an aromatic ring is 1. The van der Waals surface area contributed by atoms with Gasteiger partial charge in [-0.1, -0.05) is 6.07 Å². The smallest absolute Gasteiger partial charge is 0.0417 e. The Bertz CT molecular complexity index is 411. The molecule has 0 radical (unpaired) electrons. The van der Waals surface area contributed by atoms with E-state index >= 15 is 0 Å². The monoisotopic (exact) mass is 202 g/mol. The first kappa shape index (κ1) is 9.08. The van der Waals surface area contributed by atoms with Gasteiger partial charge in [-0.05, 0) is 43.9 Å². The molecule has 2 aliphatic rings. The van der Waals surface area contributed by atoms with Crippen molar-refractivity contribution in [2.24, 2.45) is 5.41 Å². The molecule has 0 unspecified atom stereocenters. The third-order valence-electron chi connectivity index (χ3n) is 3.93. The Labute approximate surface area is 91.1 Å². The summed E-state index contributed by atoms with van der Waals surface area (Å²) in [4.78, 5) is 2.47. The fourth-order valence-corrected chi connectivity index (χ4v) is 2.62. The molecule has 1 spiro atoms. The third-order valence-corrected chi connectivity index (χ3v) is 3.93. The van der Waals surface area contributed by atoms with Crippen molar-refractivity contribution in [1.29, 1.82) is 0 Å². The molecule has 3 rings (SSSR count). The Morgan fingerprint density at radius 2 is 1.80 bits per heavy atom. The van der Waals surface area contributed by atoms with Crippen LogP contribution in [0.4, 0.5) is 11.4 Å². The van der Waals surface area contributed by atoms with Crippen molar-refractivity contribution >= 4 is 11.4 Å². The maximum absolute atomic E-state index is 5.96. The van der Waals surface area contributed by atoms with E-state index in [2.05, 4.69) is 30.9 Å².